The first kappa shape index (κ1) is 13.7. The van der Waals surface area contributed by atoms with E-state index in [4.69, 9.17) is 9.47 Å². The first-order valence-corrected chi connectivity index (χ1v) is 7.11. The first-order chi connectivity index (χ1) is 10.2. The quantitative estimate of drug-likeness (QED) is 0.923. The van der Waals surface area contributed by atoms with E-state index < -0.39 is 0 Å². The molecule has 2 aliphatic rings. The summed E-state index contributed by atoms with van der Waals surface area (Å²) in [5, 5.41) is 3.12. The van der Waals surface area contributed by atoms with Crippen LogP contribution in [0, 0.1) is 5.92 Å². The fourth-order valence-electron chi connectivity index (χ4n) is 2.99. The summed E-state index contributed by atoms with van der Waals surface area (Å²) in [4.78, 5) is 12.6. The molecule has 1 atom stereocenters. The van der Waals surface area contributed by atoms with Gasteiger partial charge in [-0.25, -0.2) is 0 Å². The fraction of sp³-hybridized carbons (Fsp3) is 0.353. The lowest BCUT2D eigenvalue weighted by molar-refractivity contribution is 0.0936. The second-order valence-corrected chi connectivity index (χ2v) is 5.35. The van der Waals surface area contributed by atoms with Gasteiger partial charge < -0.3 is 14.8 Å². The molecule has 0 bridgehead atoms. The molecule has 0 saturated carbocycles. The molecule has 1 aliphatic carbocycles. The van der Waals surface area contributed by atoms with Gasteiger partial charge in [0.2, 0.25) is 0 Å². The third-order valence-corrected chi connectivity index (χ3v) is 4.09. The second-order valence-electron chi connectivity index (χ2n) is 5.35. The maximum absolute atomic E-state index is 12.6. The normalized spacial score (nSPS) is 19.8. The van der Waals surface area contributed by atoms with Crippen LogP contribution in [0.5, 0.6) is 11.5 Å². The Morgan fingerprint density at radius 1 is 1.24 bits per heavy atom. The van der Waals surface area contributed by atoms with Crippen molar-refractivity contribution in [2.24, 2.45) is 5.92 Å². The molecular weight excluding hydrogens is 266 g/mol. The molecule has 1 aliphatic heterocycles. The summed E-state index contributed by atoms with van der Waals surface area (Å²) < 4.78 is 10.6. The largest absolute Gasteiger partial charge is 0.493 e. The Balaban J connectivity index is 1.84. The monoisotopic (exact) mass is 285 g/mol. The zero-order valence-electron chi connectivity index (χ0n) is 12.3. The van der Waals surface area contributed by atoms with Crippen molar-refractivity contribution in [2.45, 2.75) is 12.8 Å². The fourth-order valence-corrected chi connectivity index (χ4v) is 2.99. The summed E-state index contributed by atoms with van der Waals surface area (Å²) in [6.07, 6.45) is 7.68. The minimum atomic E-state index is 0.0193. The van der Waals surface area contributed by atoms with E-state index in [0.29, 0.717) is 11.5 Å². The van der Waals surface area contributed by atoms with Crippen LogP contribution in [0.25, 0.3) is 0 Å². The van der Waals surface area contributed by atoms with Crippen LogP contribution in [0.2, 0.25) is 0 Å². The average Bonchev–Trinajstić information content (AvgIpc) is 2.82. The standard InChI is InChI=1S/C17H19NO3/c1-20-15-9-12-8-13(7-11-3-5-18-6-4-11)17(19)14(12)10-16(15)21-2/h3-5,9-10,13,18H,6-8H2,1-2H3. The molecule has 4 nitrogen and oxygen atoms in total. The highest BCUT2D eigenvalue weighted by atomic mass is 16.5. The lowest BCUT2D eigenvalue weighted by Crippen LogP contribution is -2.13. The van der Waals surface area contributed by atoms with Gasteiger partial charge in [0.15, 0.2) is 17.3 Å². The van der Waals surface area contributed by atoms with E-state index in [9.17, 15) is 4.79 Å². The van der Waals surface area contributed by atoms with Crippen molar-refractivity contribution in [1.82, 2.24) is 5.32 Å². The number of hydrogen-bond donors (Lipinski definition) is 1. The molecule has 4 heteroatoms. The molecule has 1 heterocycles. The Bertz CT molecular complexity index is 631. The Labute approximate surface area is 124 Å². The van der Waals surface area contributed by atoms with Crippen molar-refractivity contribution in [2.75, 3.05) is 20.8 Å². The van der Waals surface area contributed by atoms with Crippen molar-refractivity contribution in [1.29, 1.82) is 0 Å². The van der Waals surface area contributed by atoms with E-state index in [1.54, 1.807) is 14.2 Å². The molecule has 3 rings (SSSR count). The van der Waals surface area contributed by atoms with Crippen LogP contribution < -0.4 is 14.8 Å². The lowest BCUT2D eigenvalue weighted by atomic mass is 9.95. The highest BCUT2D eigenvalue weighted by Gasteiger charge is 2.32. The van der Waals surface area contributed by atoms with Gasteiger partial charge in [0.05, 0.1) is 14.2 Å². The van der Waals surface area contributed by atoms with E-state index >= 15 is 0 Å². The topological polar surface area (TPSA) is 47.6 Å². The minimum absolute atomic E-state index is 0.0193. The highest BCUT2D eigenvalue weighted by Crippen LogP contribution is 2.38. The number of carbonyl (C=O) groups excluding carboxylic acids is 1. The Morgan fingerprint density at radius 3 is 2.67 bits per heavy atom. The molecule has 21 heavy (non-hydrogen) atoms. The predicted octanol–water partition coefficient (Wildman–Crippen LogP) is 2.49. The van der Waals surface area contributed by atoms with Crippen LogP contribution in [0.4, 0.5) is 0 Å². The van der Waals surface area contributed by atoms with E-state index in [1.165, 1.54) is 5.57 Å². The SMILES string of the molecule is COc1cc2c(cc1OC)C(=O)C(CC1=CCNC=C1)C2. The maximum atomic E-state index is 12.6. The number of ether oxygens (including phenoxy) is 2. The molecule has 0 fully saturated rings. The Kier molecular flexibility index (Phi) is 3.69. The van der Waals surface area contributed by atoms with Crippen LogP contribution in [0.3, 0.4) is 0 Å². The summed E-state index contributed by atoms with van der Waals surface area (Å²) in [5.41, 5.74) is 3.05. The zero-order valence-corrected chi connectivity index (χ0v) is 12.3. The third kappa shape index (κ3) is 2.53. The van der Waals surface area contributed by atoms with Gasteiger partial charge in [-0.2, -0.15) is 0 Å². The van der Waals surface area contributed by atoms with Gasteiger partial charge in [-0.15, -0.1) is 0 Å². The predicted molar refractivity (Wildman–Crippen MR) is 80.9 cm³/mol. The number of Topliss-reactive ketones (excluding diaryl/α,β-unsaturated/α-hetero) is 1. The Morgan fingerprint density at radius 2 is 2.00 bits per heavy atom. The number of methoxy groups -OCH3 is 2. The molecule has 0 amide bonds. The first-order valence-electron chi connectivity index (χ1n) is 7.11. The summed E-state index contributed by atoms with van der Waals surface area (Å²) in [6, 6.07) is 3.74. The number of nitrogens with one attached hydrogen (secondary N) is 1. The molecule has 0 saturated heterocycles. The third-order valence-electron chi connectivity index (χ3n) is 4.09. The van der Waals surface area contributed by atoms with Gasteiger partial charge in [0.25, 0.3) is 0 Å². The molecule has 0 radical (unpaired) electrons. The van der Waals surface area contributed by atoms with E-state index in [1.807, 2.05) is 24.4 Å². The van der Waals surface area contributed by atoms with Crippen molar-refractivity contribution in [3.05, 3.63) is 47.2 Å². The van der Waals surface area contributed by atoms with Crippen molar-refractivity contribution >= 4 is 5.78 Å². The second kappa shape index (κ2) is 5.64. The van der Waals surface area contributed by atoms with Crippen LogP contribution >= 0.6 is 0 Å². The van der Waals surface area contributed by atoms with Gasteiger partial charge in [-0.05, 0) is 48.4 Å². The van der Waals surface area contributed by atoms with Crippen LogP contribution in [0.15, 0.2) is 36.1 Å². The molecule has 0 spiro atoms. The number of allylic oxidation sites excluding steroid dienone is 2. The van der Waals surface area contributed by atoms with Crippen molar-refractivity contribution < 1.29 is 14.3 Å². The summed E-state index contributed by atoms with van der Waals surface area (Å²) in [7, 11) is 3.20. The number of benzene rings is 1. The van der Waals surface area contributed by atoms with Gasteiger partial charge in [-0.1, -0.05) is 6.08 Å². The molecule has 1 aromatic carbocycles. The lowest BCUT2D eigenvalue weighted by Gasteiger charge is -2.12. The van der Waals surface area contributed by atoms with Gasteiger partial charge in [-0.3, -0.25) is 4.79 Å². The molecular formula is C17H19NO3. The number of fused-ring (bicyclic) bond motifs is 1. The highest BCUT2D eigenvalue weighted by molar-refractivity contribution is 6.03. The average molecular weight is 285 g/mol. The number of hydrogen-bond acceptors (Lipinski definition) is 4. The van der Waals surface area contributed by atoms with E-state index in [2.05, 4.69) is 11.4 Å². The molecule has 1 unspecified atom stereocenters. The van der Waals surface area contributed by atoms with Gasteiger partial charge in [0, 0.05) is 18.0 Å². The minimum Gasteiger partial charge on any atom is -0.493 e. The van der Waals surface area contributed by atoms with Crippen LogP contribution in [0.1, 0.15) is 22.3 Å². The Hall–Kier alpha value is -2.23. The van der Waals surface area contributed by atoms with E-state index in [-0.39, 0.29) is 11.7 Å². The molecule has 0 aromatic heterocycles. The summed E-state index contributed by atoms with van der Waals surface area (Å²) in [6.45, 7) is 0.835. The maximum Gasteiger partial charge on any atom is 0.167 e. The van der Waals surface area contributed by atoms with Crippen molar-refractivity contribution in [3.8, 4) is 11.5 Å². The van der Waals surface area contributed by atoms with Gasteiger partial charge >= 0.3 is 0 Å². The number of rotatable bonds is 4. The number of ketones is 1. The zero-order chi connectivity index (χ0) is 14.8. The van der Waals surface area contributed by atoms with Crippen LogP contribution in [-0.4, -0.2) is 26.5 Å². The number of dihydropyridines is 1. The van der Waals surface area contributed by atoms with Crippen molar-refractivity contribution in [3.63, 3.8) is 0 Å². The molecule has 110 valence electrons. The number of carbonyl (C=O) groups is 1. The smallest absolute Gasteiger partial charge is 0.167 e. The summed E-state index contributed by atoms with van der Waals surface area (Å²) in [5.74, 6) is 1.53. The van der Waals surface area contributed by atoms with Crippen LogP contribution in [-0.2, 0) is 6.42 Å². The van der Waals surface area contributed by atoms with Gasteiger partial charge in [0.1, 0.15) is 0 Å². The van der Waals surface area contributed by atoms with E-state index in [0.717, 1.165) is 30.5 Å². The molecule has 1 N–H and O–H groups in total. The molecule has 1 aromatic rings. The summed E-state index contributed by atoms with van der Waals surface area (Å²) >= 11 is 0.